The third kappa shape index (κ3) is 4.08. The Morgan fingerprint density at radius 2 is 2.25 bits per heavy atom. The summed E-state index contributed by atoms with van der Waals surface area (Å²) in [5.74, 6) is -0.675. The van der Waals surface area contributed by atoms with E-state index in [0.717, 1.165) is 6.07 Å². The van der Waals surface area contributed by atoms with Crippen LogP contribution in [0.25, 0.3) is 0 Å². The Morgan fingerprint density at radius 3 is 2.85 bits per heavy atom. The van der Waals surface area contributed by atoms with E-state index in [1.807, 2.05) is 0 Å². The largest absolute Gasteiger partial charge is 0.484 e. The fourth-order valence-corrected chi connectivity index (χ4v) is 3.74. The molecule has 1 heterocycles. The van der Waals surface area contributed by atoms with Crippen LogP contribution in [-0.4, -0.2) is 38.5 Å². The van der Waals surface area contributed by atoms with E-state index in [-0.39, 0.29) is 34.9 Å². The Labute approximate surface area is 121 Å². The zero-order valence-corrected chi connectivity index (χ0v) is 12.0. The molecule has 20 heavy (non-hydrogen) atoms. The molecular weight excluding hydrogens is 309 g/mol. The highest BCUT2D eigenvalue weighted by Crippen LogP contribution is 2.21. The smallest absolute Gasteiger partial charge is 0.258 e. The van der Waals surface area contributed by atoms with Gasteiger partial charge in [0.1, 0.15) is 11.6 Å². The maximum atomic E-state index is 12.9. The van der Waals surface area contributed by atoms with Crippen LogP contribution in [0.3, 0.4) is 0 Å². The van der Waals surface area contributed by atoms with E-state index in [1.165, 1.54) is 12.1 Å². The van der Waals surface area contributed by atoms with Crippen molar-refractivity contribution in [3.63, 3.8) is 0 Å². The Balaban J connectivity index is 1.82. The summed E-state index contributed by atoms with van der Waals surface area (Å²) in [4.78, 5) is 11.6. The molecule has 1 aliphatic rings. The summed E-state index contributed by atoms with van der Waals surface area (Å²) in [6, 6.07) is 3.39. The van der Waals surface area contributed by atoms with Crippen molar-refractivity contribution in [3.8, 4) is 5.75 Å². The van der Waals surface area contributed by atoms with E-state index in [9.17, 15) is 17.6 Å². The summed E-state index contributed by atoms with van der Waals surface area (Å²) in [5.41, 5.74) is 0. The first-order valence-corrected chi connectivity index (χ1v) is 8.13. The monoisotopic (exact) mass is 321 g/mol. The predicted octanol–water partition coefficient (Wildman–Crippen LogP) is 1.16. The van der Waals surface area contributed by atoms with Gasteiger partial charge in [-0.25, -0.2) is 12.8 Å². The Kier molecular flexibility index (Phi) is 4.49. The van der Waals surface area contributed by atoms with Gasteiger partial charge in [0.25, 0.3) is 5.91 Å². The van der Waals surface area contributed by atoms with Crippen molar-refractivity contribution in [3.05, 3.63) is 29.0 Å². The molecule has 1 saturated heterocycles. The number of benzene rings is 1. The van der Waals surface area contributed by atoms with Gasteiger partial charge < -0.3 is 10.1 Å². The van der Waals surface area contributed by atoms with E-state index in [2.05, 4.69) is 5.32 Å². The molecule has 8 heteroatoms. The number of sulfone groups is 1. The second-order valence-corrected chi connectivity index (χ2v) is 7.17. The number of carbonyl (C=O) groups is 1. The summed E-state index contributed by atoms with van der Waals surface area (Å²) < 4.78 is 40.5. The van der Waals surface area contributed by atoms with Crippen LogP contribution in [0.1, 0.15) is 6.42 Å². The molecule has 2 rings (SSSR count). The van der Waals surface area contributed by atoms with E-state index in [4.69, 9.17) is 16.3 Å². The minimum atomic E-state index is -3.03. The molecule has 5 nitrogen and oxygen atoms in total. The molecule has 0 aromatic heterocycles. The summed E-state index contributed by atoms with van der Waals surface area (Å²) in [7, 11) is -3.03. The topological polar surface area (TPSA) is 72.5 Å². The highest BCUT2D eigenvalue weighted by Gasteiger charge is 2.28. The number of rotatable bonds is 4. The second kappa shape index (κ2) is 5.97. The summed E-state index contributed by atoms with van der Waals surface area (Å²) in [6.07, 6.45) is 0.413. The molecule has 0 spiro atoms. The molecule has 0 saturated carbocycles. The molecule has 1 aliphatic heterocycles. The Morgan fingerprint density at radius 1 is 1.50 bits per heavy atom. The first-order valence-electron chi connectivity index (χ1n) is 5.93. The second-order valence-electron chi connectivity index (χ2n) is 4.53. The van der Waals surface area contributed by atoms with E-state index in [1.54, 1.807) is 0 Å². The molecule has 110 valence electrons. The highest BCUT2D eigenvalue weighted by molar-refractivity contribution is 7.91. The lowest BCUT2D eigenvalue weighted by atomic mass is 10.2. The fraction of sp³-hybridized carbons (Fsp3) is 0.417. The highest BCUT2D eigenvalue weighted by atomic mass is 35.5. The number of halogens is 2. The molecule has 1 aromatic carbocycles. The van der Waals surface area contributed by atoms with Gasteiger partial charge in [-0.3, -0.25) is 4.79 Å². The van der Waals surface area contributed by atoms with Crippen LogP contribution in [0.5, 0.6) is 5.75 Å². The van der Waals surface area contributed by atoms with Gasteiger partial charge in [-0.05, 0) is 18.6 Å². The van der Waals surface area contributed by atoms with Gasteiger partial charge in [-0.1, -0.05) is 11.6 Å². The molecule has 0 radical (unpaired) electrons. The van der Waals surface area contributed by atoms with E-state index < -0.39 is 21.6 Å². The molecule has 0 unspecified atom stereocenters. The first kappa shape index (κ1) is 15.1. The van der Waals surface area contributed by atoms with Crippen molar-refractivity contribution in [2.24, 2.45) is 0 Å². The van der Waals surface area contributed by atoms with Crippen LogP contribution in [0, 0.1) is 5.82 Å². The van der Waals surface area contributed by atoms with Gasteiger partial charge in [-0.15, -0.1) is 0 Å². The van der Waals surface area contributed by atoms with E-state index >= 15 is 0 Å². The minimum Gasteiger partial charge on any atom is -0.484 e. The van der Waals surface area contributed by atoms with Gasteiger partial charge in [0.05, 0.1) is 16.5 Å². The third-order valence-electron chi connectivity index (χ3n) is 2.86. The SMILES string of the molecule is O=C(COc1ccc(F)c(Cl)c1)N[C@@H]1CCS(=O)(=O)C1. The van der Waals surface area contributed by atoms with Crippen LogP contribution in [0.2, 0.25) is 5.02 Å². The third-order valence-corrected chi connectivity index (χ3v) is 4.92. The molecule has 1 aromatic rings. The maximum absolute atomic E-state index is 12.9. The fourth-order valence-electron chi connectivity index (χ4n) is 1.89. The van der Waals surface area contributed by atoms with Crippen molar-refractivity contribution in [2.75, 3.05) is 18.1 Å². The summed E-state index contributed by atoms with van der Waals surface area (Å²) >= 11 is 5.58. The molecule has 1 amide bonds. The van der Waals surface area contributed by atoms with E-state index in [0.29, 0.717) is 6.42 Å². The number of ether oxygens (including phenoxy) is 1. The van der Waals surface area contributed by atoms with Crippen molar-refractivity contribution in [2.45, 2.75) is 12.5 Å². The predicted molar refractivity (Wildman–Crippen MR) is 72.1 cm³/mol. The molecule has 0 bridgehead atoms. The van der Waals surface area contributed by atoms with Gasteiger partial charge in [0, 0.05) is 12.1 Å². The Hall–Kier alpha value is -1.34. The van der Waals surface area contributed by atoms with Gasteiger partial charge in [0.2, 0.25) is 0 Å². The lowest BCUT2D eigenvalue weighted by Crippen LogP contribution is -2.38. The number of hydrogen-bond donors (Lipinski definition) is 1. The molecule has 1 fully saturated rings. The lowest BCUT2D eigenvalue weighted by molar-refractivity contribution is -0.123. The Bertz CT molecular complexity index is 620. The van der Waals surface area contributed by atoms with Crippen LogP contribution >= 0.6 is 11.6 Å². The quantitative estimate of drug-likeness (QED) is 0.903. The zero-order chi connectivity index (χ0) is 14.8. The standard InChI is InChI=1S/C12H13ClFNO4S/c13-10-5-9(1-2-11(10)14)19-6-12(16)15-8-3-4-20(17,18)7-8/h1-2,5,8H,3-4,6-7H2,(H,15,16)/t8-/m1/s1. The number of nitrogens with one attached hydrogen (secondary N) is 1. The van der Waals surface area contributed by atoms with Crippen molar-refractivity contribution in [1.29, 1.82) is 0 Å². The zero-order valence-electron chi connectivity index (χ0n) is 10.4. The van der Waals surface area contributed by atoms with Crippen molar-refractivity contribution < 1.29 is 22.3 Å². The first-order chi connectivity index (χ1) is 9.35. The van der Waals surface area contributed by atoms with Gasteiger partial charge >= 0.3 is 0 Å². The van der Waals surface area contributed by atoms with Crippen molar-refractivity contribution in [1.82, 2.24) is 5.32 Å². The van der Waals surface area contributed by atoms with Crippen LogP contribution in [-0.2, 0) is 14.6 Å². The number of hydrogen-bond acceptors (Lipinski definition) is 4. The number of amides is 1. The minimum absolute atomic E-state index is 0.0406. The van der Waals surface area contributed by atoms with Crippen LogP contribution in [0.4, 0.5) is 4.39 Å². The number of carbonyl (C=O) groups excluding carboxylic acids is 1. The lowest BCUT2D eigenvalue weighted by Gasteiger charge is -2.11. The summed E-state index contributed by atoms with van der Waals surface area (Å²) in [5, 5.41) is 2.49. The average molecular weight is 322 g/mol. The normalized spacial score (nSPS) is 20.6. The summed E-state index contributed by atoms with van der Waals surface area (Å²) in [6.45, 7) is -0.279. The molecule has 1 N–H and O–H groups in total. The molecule has 0 aliphatic carbocycles. The van der Waals surface area contributed by atoms with Gasteiger partial charge in [-0.2, -0.15) is 0 Å². The average Bonchev–Trinajstić information content (AvgIpc) is 2.70. The van der Waals surface area contributed by atoms with Crippen molar-refractivity contribution >= 4 is 27.3 Å². The van der Waals surface area contributed by atoms with Gasteiger partial charge in [0.15, 0.2) is 16.4 Å². The van der Waals surface area contributed by atoms with Crippen LogP contribution in [0.15, 0.2) is 18.2 Å². The molecule has 1 atom stereocenters. The maximum Gasteiger partial charge on any atom is 0.258 e. The van der Waals surface area contributed by atoms with Crippen LogP contribution < -0.4 is 10.1 Å². The molecular formula is C12H13ClFNO4S.